The Morgan fingerprint density at radius 1 is 0.750 bits per heavy atom. The van der Waals surface area contributed by atoms with Crippen LogP contribution in [0, 0.1) is 0 Å². The summed E-state index contributed by atoms with van der Waals surface area (Å²) in [4.78, 5) is 42.6. The van der Waals surface area contributed by atoms with Crippen molar-refractivity contribution in [1.82, 2.24) is 4.90 Å². The average molecular weight is 359 g/mol. The van der Waals surface area contributed by atoms with E-state index in [1.807, 2.05) is 0 Å². The van der Waals surface area contributed by atoms with Gasteiger partial charge in [0.1, 0.15) is 0 Å². The highest BCUT2D eigenvalue weighted by Gasteiger charge is 2.38. The van der Waals surface area contributed by atoms with Gasteiger partial charge in [0.2, 0.25) is 0 Å². The summed E-state index contributed by atoms with van der Waals surface area (Å²) in [5.74, 6) is 0. The van der Waals surface area contributed by atoms with Crippen molar-refractivity contribution in [1.29, 1.82) is 0 Å². The molecule has 0 aliphatic rings. The number of hydrogen-bond donors (Lipinski definition) is 5. The van der Waals surface area contributed by atoms with E-state index in [1.165, 1.54) is 19.6 Å². The zero-order valence-electron chi connectivity index (χ0n) is 11.2. The second-order valence-electron chi connectivity index (χ2n) is 3.23. The fraction of sp³-hybridized carbons (Fsp3) is 1.00. The molecule has 124 valence electrons. The molecular weight excluding hydrogens is 339 g/mol. The molecule has 0 aromatic rings. The maximum Gasteiger partial charge on any atom is 0.490 e. The number of phosphoric acid groups is 3. The molecule has 0 aliphatic heterocycles. The van der Waals surface area contributed by atoms with Crippen LogP contribution in [0.25, 0.3) is 0 Å². The van der Waals surface area contributed by atoms with Crippen LogP contribution in [0.4, 0.5) is 0 Å². The summed E-state index contributed by atoms with van der Waals surface area (Å²) in [6.45, 7) is 10.1. The SMILES string of the molecule is CCN(CC)CC.O=P(O)(O)OP(=O)(O)OP(=O)(O)O. The minimum atomic E-state index is -5.46. The van der Waals surface area contributed by atoms with Crippen LogP contribution in [-0.4, -0.2) is 49.0 Å². The van der Waals surface area contributed by atoms with Crippen LogP contribution in [0.2, 0.25) is 0 Å². The fourth-order valence-electron chi connectivity index (χ4n) is 0.955. The molecule has 5 N–H and O–H groups in total. The van der Waals surface area contributed by atoms with Crippen molar-refractivity contribution < 1.29 is 46.8 Å². The van der Waals surface area contributed by atoms with Crippen molar-refractivity contribution in [2.24, 2.45) is 0 Å². The molecule has 0 saturated carbocycles. The predicted octanol–water partition coefficient (Wildman–Crippen LogP) is 0.653. The molecule has 0 bridgehead atoms. The first-order chi connectivity index (χ1) is 8.76. The molecule has 0 aromatic carbocycles. The second kappa shape index (κ2) is 9.40. The summed E-state index contributed by atoms with van der Waals surface area (Å²) < 4.78 is 36.4. The summed E-state index contributed by atoms with van der Waals surface area (Å²) >= 11 is 0. The van der Waals surface area contributed by atoms with Gasteiger partial charge in [0.15, 0.2) is 0 Å². The van der Waals surface area contributed by atoms with Crippen molar-refractivity contribution in [2.45, 2.75) is 20.8 Å². The molecule has 0 atom stereocenters. The number of rotatable bonds is 7. The molecule has 0 fully saturated rings. The first-order valence-electron chi connectivity index (χ1n) is 5.35. The Labute approximate surface area is 116 Å². The molecule has 0 heterocycles. The number of nitrogens with zero attached hydrogens (tertiary/aromatic N) is 1. The Hall–Kier alpha value is 0.370. The summed E-state index contributed by atoms with van der Waals surface area (Å²) in [5, 5.41) is 0. The number of hydrogen-bond acceptors (Lipinski definition) is 6. The van der Waals surface area contributed by atoms with E-state index < -0.39 is 23.5 Å². The van der Waals surface area contributed by atoms with Crippen molar-refractivity contribution in [3.8, 4) is 0 Å². The van der Waals surface area contributed by atoms with Gasteiger partial charge in [-0.15, -0.1) is 0 Å². The van der Waals surface area contributed by atoms with Gasteiger partial charge < -0.3 is 29.4 Å². The molecule has 0 unspecified atom stereocenters. The molecular formula is C6H20NO10P3. The van der Waals surface area contributed by atoms with Gasteiger partial charge in [-0.25, -0.2) is 13.7 Å². The van der Waals surface area contributed by atoms with E-state index in [0.717, 1.165) is 0 Å². The highest BCUT2D eigenvalue weighted by molar-refractivity contribution is 7.66. The Bertz CT molecular complexity index is 364. The molecule has 0 aliphatic carbocycles. The van der Waals surface area contributed by atoms with Gasteiger partial charge in [-0.1, -0.05) is 20.8 Å². The first kappa shape index (κ1) is 22.6. The predicted molar refractivity (Wildman–Crippen MR) is 69.5 cm³/mol. The molecule has 0 amide bonds. The topological polar surface area (TPSA) is 174 Å². The van der Waals surface area contributed by atoms with E-state index in [4.69, 9.17) is 24.5 Å². The van der Waals surface area contributed by atoms with E-state index in [2.05, 4.69) is 34.3 Å². The molecule has 20 heavy (non-hydrogen) atoms. The lowest BCUT2D eigenvalue weighted by molar-refractivity contribution is 0.204. The van der Waals surface area contributed by atoms with Crippen molar-refractivity contribution in [2.75, 3.05) is 19.6 Å². The lowest BCUT2D eigenvalue weighted by atomic mass is 10.5. The molecule has 11 nitrogen and oxygen atoms in total. The smallest absolute Gasteiger partial charge is 0.304 e. The largest absolute Gasteiger partial charge is 0.490 e. The summed E-state index contributed by atoms with van der Waals surface area (Å²) in [7, 11) is -16.2. The van der Waals surface area contributed by atoms with E-state index >= 15 is 0 Å². The van der Waals surface area contributed by atoms with Crippen LogP contribution in [0.15, 0.2) is 0 Å². The monoisotopic (exact) mass is 359 g/mol. The van der Waals surface area contributed by atoms with Crippen LogP contribution in [0.1, 0.15) is 20.8 Å². The zero-order valence-corrected chi connectivity index (χ0v) is 13.9. The van der Waals surface area contributed by atoms with Crippen molar-refractivity contribution >= 4 is 23.5 Å². The first-order valence-corrected chi connectivity index (χ1v) is 9.90. The molecule has 0 aromatic heterocycles. The van der Waals surface area contributed by atoms with Crippen LogP contribution in [0.3, 0.4) is 0 Å². The third kappa shape index (κ3) is 16.4. The minimum absolute atomic E-state index is 1.19. The maximum atomic E-state index is 10.4. The third-order valence-corrected chi connectivity index (χ3v) is 5.11. The Morgan fingerprint density at radius 3 is 1.10 bits per heavy atom. The van der Waals surface area contributed by atoms with Gasteiger partial charge in [-0.2, -0.15) is 8.62 Å². The molecule has 0 spiro atoms. The Morgan fingerprint density at radius 2 is 1.00 bits per heavy atom. The molecule has 0 radical (unpaired) electrons. The van der Waals surface area contributed by atoms with Gasteiger partial charge in [0.25, 0.3) is 0 Å². The molecule has 14 heteroatoms. The van der Waals surface area contributed by atoms with Gasteiger partial charge in [-0.05, 0) is 19.6 Å². The average Bonchev–Trinajstić information content (AvgIpc) is 2.13. The molecule has 0 saturated heterocycles. The third-order valence-electron chi connectivity index (χ3n) is 1.76. The van der Waals surface area contributed by atoms with Crippen molar-refractivity contribution in [3.63, 3.8) is 0 Å². The highest BCUT2D eigenvalue weighted by atomic mass is 31.3. The van der Waals surface area contributed by atoms with E-state index in [0.29, 0.717) is 0 Å². The minimum Gasteiger partial charge on any atom is -0.304 e. The van der Waals surface area contributed by atoms with Gasteiger partial charge in [-0.3, -0.25) is 0 Å². The van der Waals surface area contributed by atoms with E-state index in [-0.39, 0.29) is 0 Å². The van der Waals surface area contributed by atoms with Crippen LogP contribution in [0.5, 0.6) is 0 Å². The Balaban J connectivity index is 0. The lowest BCUT2D eigenvalue weighted by Crippen LogP contribution is -2.21. The van der Waals surface area contributed by atoms with Crippen LogP contribution < -0.4 is 0 Å². The van der Waals surface area contributed by atoms with Gasteiger partial charge in [0, 0.05) is 0 Å². The Kier molecular flexibility index (Phi) is 10.6. The van der Waals surface area contributed by atoms with Crippen molar-refractivity contribution in [3.05, 3.63) is 0 Å². The van der Waals surface area contributed by atoms with Gasteiger partial charge in [0.05, 0.1) is 0 Å². The van der Waals surface area contributed by atoms with E-state index in [1.54, 1.807) is 0 Å². The molecule has 0 rings (SSSR count). The summed E-state index contributed by atoms with van der Waals surface area (Å²) in [6.07, 6.45) is 0. The van der Waals surface area contributed by atoms with Crippen LogP contribution in [-0.2, 0) is 22.3 Å². The van der Waals surface area contributed by atoms with E-state index in [9.17, 15) is 13.7 Å². The second-order valence-corrected chi connectivity index (χ2v) is 7.44. The van der Waals surface area contributed by atoms with Crippen LogP contribution >= 0.6 is 23.5 Å². The summed E-state index contributed by atoms with van der Waals surface area (Å²) in [6, 6.07) is 0. The quantitative estimate of drug-likeness (QED) is 0.404. The normalized spacial score (nSPS) is 13.1. The maximum absolute atomic E-state index is 10.4. The standard InChI is InChI=1S/C6H15N.H5O10P3/c1-4-7(5-2)6-3;1-11(2,3)9-13(7,8)10-12(4,5)6/h4-6H2,1-3H3;(H,7,8)(H2,1,2,3)(H2,4,5,6). The van der Waals surface area contributed by atoms with Gasteiger partial charge >= 0.3 is 23.5 Å². The lowest BCUT2D eigenvalue weighted by Gasteiger charge is -2.13. The zero-order chi connectivity index (χ0) is 16.6. The summed E-state index contributed by atoms with van der Waals surface area (Å²) in [5.41, 5.74) is 0. The fourth-order valence-corrected chi connectivity index (χ4v) is 3.49. The highest BCUT2D eigenvalue weighted by Crippen LogP contribution is 2.64.